The number of halogens is 2. The Balaban J connectivity index is 1.73. The van der Waals surface area contributed by atoms with Crippen molar-refractivity contribution in [3.05, 3.63) is 81.8 Å². The highest BCUT2D eigenvalue weighted by molar-refractivity contribution is 6.31. The average Bonchev–Trinajstić information content (AvgIpc) is 2.61. The molecule has 1 amide bonds. The summed E-state index contributed by atoms with van der Waals surface area (Å²) >= 11 is 6.30. The Bertz CT molecular complexity index is 920. The lowest BCUT2D eigenvalue weighted by molar-refractivity contribution is -0.122. The largest absolute Gasteiger partial charge is 0.329 e. The summed E-state index contributed by atoms with van der Waals surface area (Å²) in [5.74, 6) is -0.811. The summed E-state index contributed by atoms with van der Waals surface area (Å²) in [6.45, 7) is 0. The highest BCUT2D eigenvalue weighted by atomic mass is 35.5. The summed E-state index contributed by atoms with van der Waals surface area (Å²) in [6.07, 6.45) is 1.12. The van der Waals surface area contributed by atoms with Crippen molar-refractivity contribution in [3.63, 3.8) is 0 Å². The molecule has 0 bridgehead atoms. The third-order valence-corrected chi connectivity index (χ3v) is 5.50. The summed E-state index contributed by atoms with van der Waals surface area (Å²) in [6, 6.07) is 13.5. The second-order valence-corrected chi connectivity index (χ2v) is 7.21. The number of Topliss-reactive ketones (excluding diaryl/α,β-unsaturated/α-hetero) is 1. The molecule has 1 aliphatic heterocycles. The number of hydrogen-bond acceptors (Lipinski definition) is 2. The fourth-order valence-corrected chi connectivity index (χ4v) is 4.26. The smallest absolute Gasteiger partial charge is 0.225 e. The molecule has 1 aliphatic carbocycles. The van der Waals surface area contributed by atoms with Crippen LogP contribution in [-0.4, -0.2) is 11.7 Å². The van der Waals surface area contributed by atoms with E-state index in [1.807, 2.05) is 24.3 Å². The Morgan fingerprint density at radius 3 is 2.42 bits per heavy atom. The third-order valence-electron chi connectivity index (χ3n) is 5.15. The number of benzene rings is 2. The number of hydrogen-bond donors (Lipinski definition) is 1. The Hall–Kier alpha value is -2.46. The van der Waals surface area contributed by atoms with E-state index in [0.717, 1.165) is 11.1 Å². The number of carbonyl (C=O) groups is 2. The molecule has 0 radical (unpaired) electrons. The first-order chi connectivity index (χ1) is 12.5. The molecule has 4 rings (SSSR count). The van der Waals surface area contributed by atoms with Gasteiger partial charge in [-0.05, 0) is 41.7 Å². The van der Waals surface area contributed by atoms with Gasteiger partial charge in [0, 0.05) is 35.1 Å². The van der Waals surface area contributed by atoms with Crippen molar-refractivity contribution in [2.75, 3.05) is 0 Å². The van der Waals surface area contributed by atoms with Gasteiger partial charge in [-0.15, -0.1) is 0 Å². The molecular weight excluding hydrogens is 353 g/mol. The van der Waals surface area contributed by atoms with E-state index in [2.05, 4.69) is 5.32 Å². The molecule has 2 unspecified atom stereocenters. The van der Waals surface area contributed by atoms with Crippen molar-refractivity contribution >= 4 is 23.3 Å². The summed E-state index contributed by atoms with van der Waals surface area (Å²) in [7, 11) is 0. The zero-order valence-corrected chi connectivity index (χ0v) is 14.7. The van der Waals surface area contributed by atoms with Gasteiger partial charge in [-0.2, -0.15) is 0 Å². The van der Waals surface area contributed by atoms with Crippen molar-refractivity contribution in [2.24, 2.45) is 0 Å². The molecule has 2 aromatic rings. The van der Waals surface area contributed by atoms with E-state index in [1.54, 1.807) is 12.1 Å². The molecule has 0 spiro atoms. The summed E-state index contributed by atoms with van der Waals surface area (Å²) in [4.78, 5) is 25.2. The van der Waals surface area contributed by atoms with Crippen LogP contribution < -0.4 is 5.32 Å². The second kappa shape index (κ2) is 6.69. The van der Waals surface area contributed by atoms with Crippen molar-refractivity contribution in [2.45, 2.75) is 31.1 Å². The summed E-state index contributed by atoms with van der Waals surface area (Å²) in [5.41, 5.74) is 3.04. The van der Waals surface area contributed by atoms with Crippen LogP contribution in [0.25, 0.3) is 0 Å². The number of ketones is 1. The maximum atomic E-state index is 13.2. The van der Waals surface area contributed by atoms with Gasteiger partial charge < -0.3 is 5.32 Å². The minimum atomic E-state index is -0.336. The van der Waals surface area contributed by atoms with Gasteiger partial charge in [-0.3, -0.25) is 9.59 Å². The number of nitrogens with one attached hydrogen (secondary N) is 1. The molecule has 26 heavy (non-hydrogen) atoms. The SMILES string of the molecule is O=C1CC(c2ccc(F)cc2)C2=C(CC(c3ccccc3Cl)CC2=O)N1. The molecule has 0 saturated carbocycles. The van der Waals surface area contributed by atoms with E-state index in [1.165, 1.54) is 12.1 Å². The van der Waals surface area contributed by atoms with Gasteiger partial charge in [-0.1, -0.05) is 41.9 Å². The Kier molecular flexibility index (Phi) is 4.37. The van der Waals surface area contributed by atoms with E-state index in [4.69, 9.17) is 11.6 Å². The predicted octanol–water partition coefficient (Wildman–Crippen LogP) is 4.48. The lowest BCUT2D eigenvalue weighted by atomic mass is 9.73. The maximum absolute atomic E-state index is 13.2. The standard InChI is InChI=1S/C21H17ClFNO2/c22-17-4-2-1-3-15(17)13-9-18-21(19(25)10-13)16(11-20(26)24-18)12-5-7-14(23)8-6-12/h1-8,13,16H,9-11H2,(H,24,26). The zero-order chi connectivity index (χ0) is 18.3. The van der Waals surface area contributed by atoms with Crippen LogP contribution in [0.3, 0.4) is 0 Å². The third kappa shape index (κ3) is 3.06. The van der Waals surface area contributed by atoms with E-state index >= 15 is 0 Å². The lowest BCUT2D eigenvalue weighted by Crippen LogP contribution is -2.38. The molecule has 1 N–H and O–H groups in total. The molecule has 5 heteroatoms. The van der Waals surface area contributed by atoms with Crippen LogP contribution in [0, 0.1) is 5.82 Å². The fraction of sp³-hybridized carbons (Fsp3) is 0.238. The highest BCUT2D eigenvalue weighted by Crippen LogP contribution is 2.43. The molecule has 2 atom stereocenters. The van der Waals surface area contributed by atoms with E-state index in [-0.39, 0.29) is 35.8 Å². The molecule has 0 fully saturated rings. The minimum Gasteiger partial charge on any atom is -0.329 e. The van der Waals surface area contributed by atoms with Crippen molar-refractivity contribution < 1.29 is 14.0 Å². The molecule has 1 heterocycles. The second-order valence-electron chi connectivity index (χ2n) is 6.80. The normalized spacial score (nSPS) is 22.8. The summed E-state index contributed by atoms with van der Waals surface area (Å²) < 4.78 is 13.2. The first-order valence-corrected chi connectivity index (χ1v) is 8.96. The van der Waals surface area contributed by atoms with Crippen molar-refractivity contribution in [1.29, 1.82) is 0 Å². The monoisotopic (exact) mass is 369 g/mol. The van der Waals surface area contributed by atoms with E-state index < -0.39 is 0 Å². The van der Waals surface area contributed by atoms with Gasteiger partial charge in [0.1, 0.15) is 5.82 Å². The van der Waals surface area contributed by atoms with Gasteiger partial charge in [0.2, 0.25) is 5.91 Å². The fourth-order valence-electron chi connectivity index (χ4n) is 3.97. The Morgan fingerprint density at radius 2 is 1.69 bits per heavy atom. The van der Waals surface area contributed by atoms with Crippen LogP contribution >= 0.6 is 11.6 Å². The van der Waals surface area contributed by atoms with Gasteiger partial charge in [0.25, 0.3) is 0 Å². The number of rotatable bonds is 2. The highest BCUT2D eigenvalue weighted by Gasteiger charge is 2.38. The minimum absolute atomic E-state index is 0.0190. The molecule has 0 aromatic heterocycles. The average molecular weight is 370 g/mol. The van der Waals surface area contributed by atoms with Crippen LogP contribution in [0.1, 0.15) is 42.2 Å². The number of amides is 1. The Morgan fingerprint density at radius 1 is 0.962 bits per heavy atom. The Labute approximate surface area is 155 Å². The topological polar surface area (TPSA) is 46.2 Å². The van der Waals surface area contributed by atoms with Gasteiger partial charge >= 0.3 is 0 Å². The van der Waals surface area contributed by atoms with Crippen LogP contribution in [0.15, 0.2) is 59.8 Å². The molecular formula is C21H17ClFNO2. The quantitative estimate of drug-likeness (QED) is 0.848. The first kappa shape index (κ1) is 17.0. The molecule has 132 valence electrons. The number of allylic oxidation sites excluding steroid dienone is 2. The van der Waals surface area contributed by atoms with Crippen LogP contribution in [-0.2, 0) is 9.59 Å². The molecule has 0 saturated heterocycles. The van der Waals surface area contributed by atoms with Crippen molar-refractivity contribution in [1.82, 2.24) is 5.32 Å². The van der Waals surface area contributed by atoms with Crippen molar-refractivity contribution in [3.8, 4) is 0 Å². The predicted molar refractivity (Wildman–Crippen MR) is 97.4 cm³/mol. The zero-order valence-electron chi connectivity index (χ0n) is 14.0. The van der Waals surface area contributed by atoms with E-state index in [9.17, 15) is 14.0 Å². The van der Waals surface area contributed by atoms with Gasteiger partial charge in [0.15, 0.2) is 5.78 Å². The van der Waals surface area contributed by atoms with Crippen LogP contribution in [0.4, 0.5) is 4.39 Å². The summed E-state index contributed by atoms with van der Waals surface area (Å²) in [5, 5.41) is 3.51. The first-order valence-electron chi connectivity index (χ1n) is 8.59. The molecule has 2 aliphatic rings. The lowest BCUT2D eigenvalue weighted by Gasteiger charge is -2.34. The van der Waals surface area contributed by atoms with Gasteiger partial charge in [0.05, 0.1) is 0 Å². The van der Waals surface area contributed by atoms with Crippen LogP contribution in [0.5, 0.6) is 0 Å². The van der Waals surface area contributed by atoms with Crippen LogP contribution in [0.2, 0.25) is 5.02 Å². The molecule has 3 nitrogen and oxygen atoms in total. The molecule has 2 aromatic carbocycles. The van der Waals surface area contributed by atoms with E-state index in [0.29, 0.717) is 29.1 Å². The number of carbonyl (C=O) groups excluding carboxylic acids is 2. The maximum Gasteiger partial charge on any atom is 0.225 e. The van der Waals surface area contributed by atoms with Gasteiger partial charge in [-0.25, -0.2) is 4.39 Å².